The third kappa shape index (κ3) is 5.96. The molecule has 0 saturated heterocycles. The summed E-state index contributed by atoms with van der Waals surface area (Å²) >= 11 is 20.0. The molecule has 3 aromatic carbocycles. The number of hydrogen-bond acceptors (Lipinski definition) is 6. The van der Waals surface area contributed by atoms with E-state index in [1.165, 1.54) is 30.0 Å². The number of non-ortho nitro benzene ring substituents is 1. The second kappa shape index (κ2) is 12.2. The quantitative estimate of drug-likeness (QED) is 0.122. The third-order valence-corrected chi connectivity index (χ3v) is 7.57. The molecule has 8 nitrogen and oxygen atoms in total. The first-order chi connectivity index (χ1) is 18.2. The molecule has 0 aliphatic carbocycles. The molecular formula is C26H22Cl3N5O3S. The number of aryl methyl sites for hydroxylation is 2. The number of hydrogen-bond donors (Lipinski definition) is 1. The van der Waals surface area contributed by atoms with Crippen LogP contribution in [0.25, 0.3) is 17.1 Å². The average molecular weight is 591 g/mol. The molecule has 12 heteroatoms. The number of carbonyl (C=O) groups excluding carboxylic acids is 1. The number of nitro groups is 1. The summed E-state index contributed by atoms with van der Waals surface area (Å²) in [5.74, 6) is 0.0748. The van der Waals surface area contributed by atoms with E-state index in [9.17, 15) is 14.9 Å². The van der Waals surface area contributed by atoms with Gasteiger partial charge in [-0.2, -0.15) is 0 Å². The van der Waals surface area contributed by atoms with Gasteiger partial charge in [-0.05, 0) is 48.2 Å². The number of nitro benzene ring substituents is 1. The molecule has 1 heterocycles. The van der Waals surface area contributed by atoms with Crippen LogP contribution in [0.2, 0.25) is 15.1 Å². The van der Waals surface area contributed by atoms with E-state index in [4.69, 9.17) is 34.8 Å². The number of nitrogens with one attached hydrogen (secondary N) is 1. The summed E-state index contributed by atoms with van der Waals surface area (Å²) < 4.78 is 1.92. The summed E-state index contributed by atoms with van der Waals surface area (Å²) in [5, 5.41) is 24.2. The molecule has 0 saturated carbocycles. The molecule has 0 atom stereocenters. The molecular weight excluding hydrogens is 569 g/mol. The Morgan fingerprint density at radius 3 is 2.34 bits per heavy atom. The largest absolute Gasteiger partial charge is 0.324 e. The average Bonchev–Trinajstić information content (AvgIpc) is 3.31. The van der Waals surface area contributed by atoms with E-state index in [2.05, 4.69) is 29.4 Å². The molecule has 0 radical (unpaired) electrons. The number of nitrogens with zero attached hydrogens (tertiary/aromatic N) is 4. The van der Waals surface area contributed by atoms with Crippen LogP contribution in [-0.2, 0) is 17.6 Å². The lowest BCUT2D eigenvalue weighted by Crippen LogP contribution is -2.15. The van der Waals surface area contributed by atoms with Gasteiger partial charge in [0.2, 0.25) is 5.91 Å². The fourth-order valence-electron chi connectivity index (χ4n) is 3.95. The van der Waals surface area contributed by atoms with Crippen LogP contribution < -0.4 is 5.32 Å². The topological polar surface area (TPSA) is 103 Å². The smallest absolute Gasteiger partial charge is 0.271 e. The highest BCUT2D eigenvalue weighted by Gasteiger charge is 2.23. The SMILES string of the molecule is CCc1cccc(CC)c1-n1c(SCC(=O)Nc2cc([N+](=O)[O-])ccc2Cl)nnc1-c1ccc(Cl)cc1Cl. The van der Waals surface area contributed by atoms with E-state index < -0.39 is 10.8 Å². The van der Waals surface area contributed by atoms with Gasteiger partial charge in [-0.3, -0.25) is 19.5 Å². The lowest BCUT2D eigenvalue weighted by atomic mass is 10.0. The predicted molar refractivity (Wildman–Crippen MR) is 153 cm³/mol. The molecule has 0 bridgehead atoms. The van der Waals surface area contributed by atoms with E-state index in [-0.39, 0.29) is 22.2 Å². The van der Waals surface area contributed by atoms with Crippen molar-refractivity contribution in [1.29, 1.82) is 0 Å². The standard InChI is InChI=1S/C26H22Cl3N5O3S/c1-3-15-6-5-7-16(4-2)24(15)33-25(19-10-8-17(27)12-21(19)29)31-32-26(33)38-14-23(35)30-22-13-18(34(36)37)9-11-20(22)28/h5-13H,3-4,14H2,1-2H3,(H,30,35). The van der Waals surface area contributed by atoms with Crippen LogP contribution in [-0.4, -0.2) is 31.3 Å². The van der Waals surface area contributed by atoms with Crippen molar-refractivity contribution in [1.82, 2.24) is 14.8 Å². The number of amides is 1. The molecule has 0 aliphatic heterocycles. The zero-order valence-corrected chi connectivity index (χ0v) is 23.5. The number of benzene rings is 3. The summed E-state index contributed by atoms with van der Waals surface area (Å²) in [4.78, 5) is 23.4. The highest BCUT2D eigenvalue weighted by Crippen LogP contribution is 2.36. The molecule has 1 aromatic heterocycles. The number of rotatable bonds is 9. The minimum absolute atomic E-state index is 0.0404. The highest BCUT2D eigenvalue weighted by molar-refractivity contribution is 7.99. The highest BCUT2D eigenvalue weighted by atomic mass is 35.5. The van der Waals surface area contributed by atoms with Crippen molar-refractivity contribution in [2.24, 2.45) is 0 Å². The number of aromatic nitrogens is 3. The fourth-order valence-corrected chi connectivity index (χ4v) is 5.35. The number of anilines is 1. The molecule has 1 amide bonds. The molecule has 0 unspecified atom stereocenters. The van der Waals surface area contributed by atoms with Gasteiger partial charge in [0.05, 0.1) is 32.1 Å². The first kappa shape index (κ1) is 27.9. The van der Waals surface area contributed by atoms with Crippen LogP contribution in [0.4, 0.5) is 11.4 Å². The zero-order chi connectivity index (χ0) is 27.4. The molecule has 4 aromatic rings. The monoisotopic (exact) mass is 589 g/mol. The number of para-hydroxylation sites is 1. The normalized spacial score (nSPS) is 11.0. The van der Waals surface area contributed by atoms with Crippen LogP contribution in [0, 0.1) is 10.1 Å². The summed E-state index contributed by atoms with van der Waals surface area (Å²) in [6, 6.07) is 15.1. The van der Waals surface area contributed by atoms with E-state index >= 15 is 0 Å². The maximum Gasteiger partial charge on any atom is 0.271 e. The molecule has 0 fully saturated rings. The van der Waals surface area contributed by atoms with Gasteiger partial charge in [0.15, 0.2) is 11.0 Å². The summed E-state index contributed by atoms with van der Waals surface area (Å²) in [6.45, 7) is 4.14. The van der Waals surface area contributed by atoms with Gasteiger partial charge in [-0.25, -0.2) is 0 Å². The van der Waals surface area contributed by atoms with Crippen LogP contribution in [0.3, 0.4) is 0 Å². The van der Waals surface area contributed by atoms with Crippen molar-refractivity contribution >= 4 is 63.8 Å². The second-order valence-corrected chi connectivity index (χ2v) is 10.3. The minimum atomic E-state index is -0.552. The van der Waals surface area contributed by atoms with E-state index in [0.29, 0.717) is 26.6 Å². The number of halogens is 3. The molecule has 0 spiro atoms. The van der Waals surface area contributed by atoms with Gasteiger partial charge in [0.25, 0.3) is 5.69 Å². The van der Waals surface area contributed by atoms with Crippen LogP contribution in [0.15, 0.2) is 59.8 Å². The summed E-state index contributed by atoms with van der Waals surface area (Å²) in [6.07, 6.45) is 1.54. The van der Waals surface area contributed by atoms with Gasteiger partial charge in [-0.1, -0.05) is 78.6 Å². The molecule has 38 heavy (non-hydrogen) atoms. The Hall–Kier alpha value is -3.11. The lowest BCUT2D eigenvalue weighted by Gasteiger charge is -2.18. The maximum absolute atomic E-state index is 12.8. The Bertz CT molecular complexity index is 1500. The van der Waals surface area contributed by atoms with Crippen molar-refractivity contribution in [2.45, 2.75) is 31.8 Å². The zero-order valence-electron chi connectivity index (χ0n) is 20.4. The van der Waals surface area contributed by atoms with E-state index in [1.54, 1.807) is 18.2 Å². The maximum atomic E-state index is 12.8. The Morgan fingerprint density at radius 2 is 1.71 bits per heavy atom. The Kier molecular flexibility index (Phi) is 8.94. The Balaban J connectivity index is 1.72. The van der Waals surface area contributed by atoms with Crippen molar-refractivity contribution < 1.29 is 9.72 Å². The molecule has 1 N–H and O–H groups in total. The van der Waals surface area contributed by atoms with Gasteiger partial charge in [-0.15, -0.1) is 10.2 Å². The Labute approximate surface area is 238 Å². The van der Waals surface area contributed by atoms with Crippen molar-refractivity contribution in [3.8, 4) is 17.1 Å². The molecule has 196 valence electrons. The van der Waals surface area contributed by atoms with Gasteiger partial charge < -0.3 is 5.32 Å². The molecule has 0 aliphatic rings. The van der Waals surface area contributed by atoms with Gasteiger partial charge in [0.1, 0.15) is 0 Å². The van der Waals surface area contributed by atoms with Crippen molar-refractivity contribution in [3.63, 3.8) is 0 Å². The van der Waals surface area contributed by atoms with Gasteiger partial charge in [0, 0.05) is 22.7 Å². The van der Waals surface area contributed by atoms with Crippen LogP contribution in [0.5, 0.6) is 0 Å². The number of thioether (sulfide) groups is 1. The summed E-state index contributed by atoms with van der Waals surface area (Å²) in [7, 11) is 0. The first-order valence-electron chi connectivity index (χ1n) is 11.6. The van der Waals surface area contributed by atoms with Gasteiger partial charge >= 0.3 is 0 Å². The van der Waals surface area contributed by atoms with Crippen molar-refractivity contribution in [3.05, 3.63) is 90.9 Å². The Morgan fingerprint density at radius 1 is 1.00 bits per heavy atom. The molecule has 4 rings (SSSR count). The van der Waals surface area contributed by atoms with E-state index in [0.717, 1.165) is 29.7 Å². The second-order valence-electron chi connectivity index (χ2n) is 8.16. The van der Waals surface area contributed by atoms with Crippen molar-refractivity contribution in [2.75, 3.05) is 11.1 Å². The number of carbonyl (C=O) groups is 1. The first-order valence-corrected chi connectivity index (χ1v) is 13.7. The minimum Gasteiger partial charge on any atom is -0.324 e. The third-order valence-electron chi connectivity index (χ3n) is 5.76. The van der Waals surface area contributed by atoms with E-state index in [1.807, 2.05) is 22.8 Å². The predicted octanol–water partition coefficient (Wildman–Crippen LogP) is 7.66. The summed E-state index contributed by atoms with van der Waals surface area (Å²) in [5.41, 5.74) is 3.75. The van der Waals surface area contributed by atoms with Crippen LogP contribution >= 0.6 is 46.6 Å². The van der Waals surface area contributed by atoms with Crippen LogP contribution in [0.1, 0.15) is 25.0 Å². The fraction of sp³-hybridized carbons (Fsp3) is 0.192. The lowest BCUT2D eigenvalue weighted by molar-refractivity contribution is -0.384.